The lowest BCUT2D eigenvalue weighted by atomic mass is 9.76. The fourth-order valence-corrected chi connectivity index (χ4v) is 3.18. The van der Waals surface area contributed by atoms with Crippen molar-refractivity contribution < 1.29 is 10.0 Å². The van der Waals surface area contributed by atoms with Gasteiger partial charge in [-0.25, -0.2) is 0 Å². The Kier molecular flexibility index (Phi) is 4.10. The summed E-state index contributed by atoms with van der Waals surface area (Å²) in [5.74, 6) is -1.86. The summed E-state index contributed by atoms with van der Waals surface area (Å²) in [5, 5.41) is 14.9. The highest BCUT2D eigenvalue weighted by atomic mass is 79.9. The molecule has 24 heavy (non-hydrogen) atoms. The number of aromatic amines is 1. The molecule has 124 valence electrons. The van der Waals surface area contributed by atoms with E-state index in [1.54, 1.807) is 12.1 Å². The summed E-state index contributed by atoms with van der Waals surface area (Å²) in [5.41, 5.74) is 6.32. The fraction of sp³-hybridized carbons (Fsp3) is 0.200. The number of halogens is 1. The first-order chi connectivity index (χ1) is 11.4. The number of nitrogens with zero attached hydrogens (tertiary/aromatic N) is 2. The third-order valence-electron chi connectivity index (χ3n) is 3.98. The standard InChI is InChI=1S/C15H14BrN5O3/c1-6(21-24)9-10(7-2-4-8(16)5-3-7)11-12(18-13(9)22)19-15(17)20-14(11)23/h2-5,9-10,24H,1H3,(H4,17,18,19,20,22,23)/b21-6+/t9-,10-/m0/s1. The van der Waals surface area contributed by atoms with Crippen molar-refractivity contribution in [1.29, 1.82) is 0 Å². The molecule has 1 aliphatic heterocycles. The van der Waals surface area contributed by atoms with Crippen LogP contribution in [0.1, 0.15) is 24.0 Å². The lowest BCUT2D eigenvalue weighted by molar-refractivity contribution is -0.118. The molecule has 2 atom stereocenters. The van der Waals surface area contributed by atoms with Crippen molar-refractivity contribution >= 4 is 39.3 Å². The number of fused-ring (bicyclic) bond motifs is 1. The van der Waals surface area contributed by atoms with Crippen molar-refractivity contribution in [2.45, 2.75) is 12.8 Å². The van der Waals surface area contributed by atoms with Crippen LogP contribution in [0.2, 0.25) is 0 Å². The number of hydrogen-bond acceptors (Lipinski definition) is 6. The summed E-state index contributed by atoms with van der Waals surface area (Å²) < 4.78 is 0.861. The van der Waals surface area contributed by atoms with Crippen LogP contribution in [-0.4, -0.2) is 26.8 Å². The minimum Gasteiger partial charge on any atom is -0.411 e. The lowest BCUT2D eigenvalue weighted by Gasteiger charge is -2.31. The zero-order chi connectivity index (χ0) is 17.4. The molecular weight excluding hydrogens is 378 g/mol. The number of H-pyrrole nitrogens is 1. The molecule has 1 aromatic heterocycles. The molecule has 1 aliphatic rings. The maximum absolute atomic E-state index is 12.5. The van der Waals surface area contributed by atoms with Gasteiger partial charge in [0, 0.05) is 10.4 Å². The minimum absolute atomic E-state index is 0.0837. The van der Waals surface area contributed by atoms with Crippen LogP contribution >= 0.6 is 15.9 Å². The van der Waals surface area contributed by atoms with Crippen molar-refractivity contribution in [1.82, 2.24) is 9.97 Å². The Bertz CT molecular complexity index is 891. The number of oxime groups is 1. The number of anilines is 2. The summed E-state index contributed by atoms with van der Waals surface area (Å²) >= 11 is 3.35. The Hall–Kier alpha value is -2.68. The number of nitrogens with one attached hydrogen (secondary N) is 2. The van der Waals surface area contributed by atoms with E-state index in [1.165, 1.54) is 6.92 Å². The van der Waals surface area contributed by atoms with E-state index in [4.69, 9.17) is 10.9 Å². The van der Waals surface area contributed by atoms with Crippen LogP contribution in [0.4, 0.5) is 11.8 Å². The van der Waals surface area contributed by atoms with Gasteiger partial charge in [0.15, 0.2) is 0 Å². The molecule has 0 spiro atoms. The lowest BCUT2D eigenvalue weighted by Crippen LogP contribution is -2.42. The number of benzene rings is 1. The van der Waals surface area contributed by atoms with E-state index in [1.807, 2.05) is 12.1 Å². The van der Waals surface area contributed by atoms with Crippen LogP contribution in [0.25, 0.3) is 0 Å². The van der Waals surface area contributed by atoms with Gasteiger partial charge in [-0.15, -0.1) is 0 Å². The second kappa shape index (κ2) is 6.08. The first-order valence-corrected chi connectivity index (χ1v) is 7.86. The molecule has 1 aromatic carbocycles. The van der Waals surface area contributed by atoms with Gasteiger partial charge in [0.05, 0.1) is 17.2 Å². The van der Waals surface area contributed by atoms with Crippen molar-refractivity contribution in [2.24, 2.45) is 11.1 Å². The van der Waals surface area contributed by atoms with Crippen molar-refractivity contribution in [3.05, 3.63) is 50.2 Å². The van der Waals surface area contributed by atoms with E-state index in [0.717, 1.165) is 10.0 Å². The van der Waals surface area contributed by atoms with Crippen molar-refractivity contribution in [3.8, 4) is 0 Å². The molecule has 0 unspecified atom stereocenters. The van der Waals surface area contributed by atoms with E-state index < -0.39 is 23.3 Å². The number of carbonyl (C=O) groups excluding carboxylic acids is 1. The van der Waals surface area contributed by atoms with Gasteiger partial charge in [-0.05, 0) is 24.6 Å². The Morgan fingerprint density at radius 1 is 1.33 bits per heavy atom. The van der Waals surface area contributed by atoms with E-state index >= 15 is 0 Å². The number of carbonyl (C=O) groups is 1. The third kappa shape index (κ3) is 2.67. The van der Waals surface area contributed by atoms with Gasteiger partial charge in [-0.3, -0.25) is 14.6 Å². The number of nitrogens with two attached hydrogens (primary N) is 1. The largest absolute Gasteiger partial charge is 0.411 e. The SMILES string of the molecule is C/C(=N\O)[C@@H]1C(=O)Nc2nc(N)[nH]c(=O)c2[C@H]1c1ccc(Br)cc1. The van der Waals surface area contributed by atoms with E-state index in [9.17, 15) is 9.59 Å². The van der Waals surface area contributed by atoms with Gasteiger partial charge in [0.1, 0.15) is 5.82 Å². The summed E-state index contributed by atoms with van der Waals surface area (Å²) in [6.07, 6.45) is 0. The molecule has 1 amide bonds. The van der Waals surface area contributed by atoms with Crippen LogP contribution in [0.5, 0.6) is 0 Å². The third-order valence-corrected chi connectivity index (χ3v) is 4.51. The van der Waals surface area contributed by atoms with Gasteiger partial charge in [0.25, 0.3) is 5.56 Å². The fourth-order valence-electron chi connectivity index (χ4n) is 2.92. The van der Waals surface area contributed by atoms with Crippen LogP contribution in [0.15, 0.2) is 38.7 Å². The topological polar surface area (TPSA) is 133 Å². The van der Waals surface area contributed by atoms with Gasteiger partial charge >= 0.3 is 0 Å². The number of rotatable bonds is 2. The highest BCUT2D eigenvalue weighted by Crippen LogP contribution is 2.39. The quantitative estimate of drug-likeness (QED) is 0.351. The maximum Gasteiger partial charge on any atom is 0.258 e. The Morgan fingerprint density at radius 2 is 2.00 bits per heavy atom. The van der Waals surface area contributed by atoms with E-state index in [0.29, 0.717) is 0 Å². The molecular formula is C15H14BrN5O3. The molecule has 9 heteroatoms. The molecule has 0 saturated heterocycles. The summed E-state index contributed by atoms with van der Waals surface area (Å²) in [6.45, 7) is 1.53. The zero-order valence-electron chi connectivity index (χ0n) is 12.6. The number of nitrogen functional groups attached to an aromatic ring is 1. The number of hydrogen-bond donors (Lipinski definition) is 4. The van der Waals surface area contributed by atoms with E-state index in [-0.39, 0.29) is 23.0 Å². The monoisotopic (exact) mass is 391 g/mol. The second-order valence-electron chi connectivity index (χ2n) is 5.45. The van der Waals surface area contributed by atoms with Gasteiger partial charge in [0.2, 0.25) is 11.9 Å². The molecule has 0 bridgehead atoms. The Balaban J connectivity index is 2.28. The van der Waals surface area contributed by atoms with Gasteiger partial charge < -0.3 is 16.3 Å². The first kappa shape index (κ1) is 16.2. The van der Waals surface area contributed by atoms with Crippen molar-refractivity contribution in [3.63, 3.8) is 0 Å². The highest BCUT2D eigenvalue weighted by molar-refractivity contribution is 9.10. The summed E-state index contributed by atoms with van der Waals surface area (Å²) in [4.78, 5) is 31.5. The van der Waals surface area contributed by atoms with Crippen LogP contribution in [0.3, 0.4) is 0 Å². The Labute approximate surface area is 144 Å². The smallest absolute Gasteiger partial charge is 0.258 e. The van der Waals surface area contributed by atoms with E-state index in [2.05, 4.69) is 36.4 Å². The first-order valence-electron chi connectivity index (χ1n) is 7.07. The minimum atomic E-state index is -0.838. The Morgan fingerprint density at radius 3 is 2.62 bits per heavy atom. The maximum atomic E-state index is 12.5. The molecule has 2 aromatic rings. The number of aromatic nitrogens is 2. The molecule has 0 aliphatic carbocycles. The van der Waals surface area contributed by atoms with Crippen LogP contribution < -0.4 is 16.6 Å². The van der Waals surface area contributed by atoms with Crippen LogP contribution in [-0.2, 0) is 4.79 Å². The predicted octanol–water partition coefficient (Wildman–Crippen LogP) is 1.66. The van der Waals surface area contributed by atoms with Gasteiger partial charge in [-0.1, -0.05) is 33.2 Å². The van der Waals surface area contributed by atoms with Crippen molar-refractivity contribution in [2.75, 3.05) is 11.1 Å². The molecule has 0 fully saturated rings. The second-order valence-corrected chi connectivity index (χ2v) is 6.37. The number of amides is 1. The normalized spacial score (nSPS) is 20.4. The molecule has 2 heterocycles. The molecule has 8 nitrogen and oxygen atoms in total. The van der Waals surface area contributed by atoms with Gasteiger partial charge in [-0.2, -0.15) is 4.98 Å². The summed E-state index contributed by atoms with van der Waals surface area (Å²) in [6, 6.07) is 7.21. The average molecular weight is 392 g/mol. The highest BCUT2D eigenvalue weighted by Gasteiger charge is 2.41. The van der Waals surface area contributed by atoms with Crippen LogP contribution in [0, 0.1) is 5.92 Å². The average Bonchev–Trinajstić information content (AvgIpc) is 2.53. The predicted molar refractivity (Wildman–Crippen MR) is 92.3 cm³/mol. The molecule has 3 rings (SSSR count). The molecule has 0 saturated carbocycles. The summed E-state index contributed by atoms with van der Waals surface area (Å²) in [7, 11) is 0. The molecule has 5 N–H and O–H groups in total. The molecule has 0 radical (unpaired) electrons. The zero-order valence-corrected chi connectivity index (χ0v) is 14.2.